The lowest BCUT2D eigenvalue weighted by Gasteiger charge is -2.29. The maximum Gasteiger partial charge on any atom is 0.409 e. The molecule has 10 heteroatoms. The lowest BCUT2D eigenvalue weighted by atomic mass is 9.97. The van der Waals surface area contributed by atoms with E-state index in [4.69, 9.17) is 16.3 Å². The van der Waals surface area contributed by atoms with E-state index in [1.165, 1.54) is 16.2 Å². The fourth-order valence-corrected chi connectivity index (χ4v) is 9.76. The Hall–Kier alpha value is -3.66. The summed E-state index contributed by atoms with van der Waals surface area (Å²) in [7, 11) is -3.96. The van der Waals surface area contributed by atoms with Crippen LogP contribution in [0.4, 0.5) is 4.79 Å². The number of fused-ring (bicyclic) bond motifs is 3. The van der Waals surface area contributed by atoms with Crippen LogP contribution in [-0.2, 0) is 24.1 Å². The molecule has 1 saturated heterocycles. The van der Waals surface area contributed by atoms with Gasteiger partial charge in [0.1, 0.15) is 11.4 Å². The second-order valence-corrected chi connectivity index (χ2v) is 14.5. The minimum atomic E-state index is -3.96. The van der Waals surface area contributed by atoms with Crippen LogP contribution in [0.15, 0.2) is 84.9 Å². The second-order valence-electron chi connectivity index (χ2n) is 10.6. The average Bonchev–Trinajstić information content (AvgIpc) is 3.56. The molecule has 7 nitrogen and oxygen atoms in total. The summed E-state index contributed by atoms with van der Waals surface area (Å²) in [4.78, 5) is 28.0. The predicted molar refractivity (Wildman–Crippen MR) is 164 cm³/mol. The van der Waals surface area contributed by atoms with Gasteiger partial charge in [0.25, 0.3) is 0 Å². The zero-order chi connectivity index (χ0) is 29.5. The highest BCUT2D eigenvalue weighted by atomic mass is 35.5. The molecule has 1 aromatic heterocycles. The molecule has 2 aliphatic rings. The minimum Gasteiger partial charge on any atom is -0.481 e. The van der Waals surface area contributed by atoms with Crippen molar-refractivity contribution in [2.45, 2.75) is 23.5 Å². The van der Waals surface area contributed by atoms with Crippen molar-refractivity contribution in [2.24, 2.45) is 0 Å². The Morgan fingerprint density at radius 2 is 1.57 bits per heavy atom. The SMILES string of the molecule is O=C(O)C[C@]1(c2ccc(-c3ccc(Cl)cc3)s2)CCN(C(=O)OCC2c3ccccc3-c3ccccc32)CCS1(=O)=O. The van der Waals surface area contributed by atoms with Gasteiger partial charge in [0.05, 0.1) is 12.2 Å². The number of halogens is 1. The van der Waals surface area contributed by atoms with Crippen molar-refractivity contribution < 1.29 is 27.9 Å². The summed E-state index contributed by atoms with van der Waals surface area (Å²) in [6, 6.07) is 26.7. The van der Waals surface area contributed by atoms with Crippen LogP contribution in [0.5, 0.6) is 0 Å². The Morgan fingerprint density at radius 1 is 0.929 bits per heavy atom. The summed E-state index contributed by atoms with van der Waals surface area (Å²) in [5, 5.41) is 10.4. The molecule has 1 N–H and O–H groups in total. The molecule has 2 heterocycles. The highest BCUT2D eigenvalue weighted by Crippen LogP contribution is 2.46. The first-order valence-electron chi connectivity index (χ1n) is 13.6. The van der Waals surface area contributed by atoms with Crippen molar-refractivity contribution >= 4 is 44.8 Å². The molecule has 1 aliphatic carbocycles. The number of amides is 1. The zero-order valence-electron chi connectivity index (χ0n) is 22.5. The number of sulfone groups is 1. The molecule has 1 aliphatic heterocycles. The number of aliphatic carboxylic acids is 1. The smallest absolute Gasteiger partial charge is 0.409 e. The number of rotatable bonds is 6. The van der Waals surface area contributed by atoms with E-state index >= 15 is 0 Å². The number of ether oxygens (including phenoxy) is 1. The van der Waals surface area contributed by atoms with E-state index in [9.17, 15) is 23.1 Å². The van der Waals surface area contributed by atoms with Gasteiger partial charge >= 0.3 is 12.1 Å². The molecule has 1 amide bonds. The maximum atomic E-state index is 13.8. The molecule has 1 atom stereocenters. The maximum absolute atomic E-state index is 13.8. The van der Waals surface area contributed by atoms with Crippen LogP contribution in [-0.4, -0.2) is 55.9 Å². The summed E-state index contributed by atoms with van der Waals surface area (Å²) < 4.78 is 31.8. The first-order chi connectivity index (χ1) is 20.2. The monoisotopic (exact) mass is 621 g/mol. The van der Waals surface area contributed by atoms with Crippen LogP contribution < -0.4 is 0 Å². The van der Waals surface area contributed by atoms with Gasteiger partial charge in [-0.1, -0.05) is 72.3 Å². The van der Waals surface area contributed by atoms with Gasteiger partial charge < -0.3 is 14.7 Å². The highest BCUT2D eigenvalue weighted by molar-refractivity contribution is 7.92. The van der Waals surface area contributed by atoms with Crippen molar-refractivity contribution in [3.05, 3.63) is 106 Å². The number of carbonyl (C=O) groups is 2. The molecule has 6 rings (SSSR count). The fourth-order valence-electron chi connectivity index (χ4n) is 6.03. The van der Waals surface area contributed by atoms with E-state index in [1.54, 1.807) is 24.3 Å². The van der Waals surface area contributed by atoms with Crippen molar-refractivity contribution in [1.29, 1.82) is 0 Å². The van der Waals surface area contributed by atoms with E-state index in [0.29, 0.717) is 9.90 Å². The van der Waals surface area contributed by atoms with Crippen LogP contribution in [0.2, 0.25) is 5.02 Å². The number of hydrogen-bond donors (Lipinski definition) is 1. The van der Waals surface area contributed by atoms with Crippen molar-refractivity contribution in [2.75, 3.05) is 25.4 Å². The summed E-state index contributed by atoms with van der Waals surface area (Å²) in [5.74, 6) is -1.70. The molecule has 1 fully saturated rings. The first kappa shape index (κ1) is 28.5. The molecule has 0 radical (unpaired) electrons. The Kier molecular flexibility index (Phi) is 7.59. The molecular weight excluding hydrogens is 594 g/mol. The molecule has 0 saturated carbocycles. The molecule has 4 aromatic rings. The van der Waals surface area contributed by atoms with Gasteiger partial charge in [0, 0.05) is 33.8 Å². The largest absolute Gasteiger partial charge is 0.481 e. The van der Waals surface area contributed by atoms with Crippen LogP contribution in [0, 0.1) is 0 Å². The van der Waals surface area contributed by atoms with E-state index in [1.807, 2.05) is 48.5 Å². The van der Waals surface area contributed by atoms with Crippen LogP contribution >= 0.6 is 22.9 Å². The minimum absolute atomic E-state index is 0.0492. The van der Waals surface area contributed by atoms with E-state index in [2.05, 4.69) is 12.1 Å². The lowest BCUT2D eigenvalue weighted by Crippen LogP contribution is -2.39. The topological polar surface area (TPSA) is 101 Å². The van der Waals surface area contributed by atoms with Gasteiger partial charge in [0.2, 0.25) is 0 Å². The fraction of sp³-hybridized carbons (Fsp3) is 0.250. The zero-order valence-corrected chi connectivity index (χ0v) is 24.9. The third-order valence-electron chi connectivity index (χ3n) is 8.23. The van der Waals surface area contributed by atoms with Gasteiger partial charge in [0.15, 0.2) is 9.84 Å². The van der Waals surface area contributed by atoms with Crippen molar-refractivity contribution in [3.63, 3.8) is 0 Å². The molecule has 0 bridgehead atoms. The van der Waals surface area contributed by atoms with E-state index in [-0.39, 0.29) is 37.8 Å². The summed E-state index contributed by atoms with van der Waals surface area (Å²) in [6.07, 6.45) is -1.24. The van der Waals surface area contributed by atoms with Crippen LogP contribution in [0.1, 0.15) is 34.8 Å². The highest BCUT2D eigenvalue weighted by Gasteiger charge is 2.50. The number of nitrogens with zero attached hydrogens (tertiary/aromatic N) is 1. The molecule has 42 heavy (non-hydrogen) atoms. The van der Waals surface area contributed by atoms with Crippen LogP contribution in [0.25, 0.3) is 21.6 Å². The van der Waals surface area contributed by atoms with Crippen molar-refractivity contribution in [3.8, 4) is 21.6 Å². The number of carboxylic acids is 1. The molecule has 216 valence electrons. The quantitative estimate of drug-likeness (QED) is 0.254. The molecule has 0 unspecified atom stereocenters. The van der Waals surface area contributed by atoms with Gasteiger partial charge in [-0.3, -0.25) is 4.79 Å². The standard InChI is InChI=1S/C32H28ClNO6S2/c33-22-11-9-21(10-12-22)28-13-14-29(41-28)32(19-30(35)36)15-16-34(17-18-42(32,38)39)31(37)40-20-27-25-7-3-1-5-23(25)24-6-2-4-8-26(24)27/h1-14,27H,15-20H2,(H,35,36)/t32-/m0/s1. The van der Waals surface area contributed by atoms with Crippen LogP contribution in [0.3, 0.4) is 0 Å². The first-order valence-corrected chi connectivity index (χ1v) is 16.4. The van der Waals surface area contributed by atoms with Gasteiger partial charge in [-0.05, 0) is 58.5 Å². The predicted octanol–water partition coefficient (Wildman–Crippen LogP) is 6.81. The summed E-state index contributed by atoms with van der Waals surface area (Å²) >= 11 is 7.27. The Bertz CT molecular complexity index is 1720. The van der Waals surface area contributed by atoms with E-state index in [0.717, 1.165) is 32.7 Å². The number of hydrogen-bond acceptors (Lipinski definition) is 6. The third kappa shape index (κ3) is 5.10. The number of carbonyl (C=O) groups excluding carboxylic acids is 1. The summed E-state index contributed by atoms with van der Waals surface area (Å²) in [6.45, 7) is 0.0961. The third-order valence-corrected chi connectivity index (χ3v) is 12.4. The number of benzene rings is 3. The Labute approximate surface area is 253 Å². The van der Waals surface area contributed by atoms with Gasteiger partial charge in [-0.15, -0.1) is 11.3 Å². The normalized spacial score (nSPS) is 19.5. The number of carboxylic acid groups (broad SMARTS) is 1. The average molecular weight is 622 g/mol. The van der Waals surface area contributed by atoms with Crippen molar-refractivity contribution in [1.82, 2.24) is 4.90 Å². The molecule has 3 aromatic carbocycles. The Balaban J connectivity index is 1.23. The Morgan fingerprint density at radius 3 is 2.21 bits per heavy atom. The lowest BCUT2D eigenvalue weighted by molar-refractivity contribution is -0.137. The molecular formula is C32H28ClNO6S2. The van der Waals surface area contributed by atoms with E-state index < -0.39 is 33.1 Å². The van der Waals surface area contributed by atoms with Gasteiger partial charge in [-0.2, -0.15) is 0 Å². The number of thiophene rings is 1. The summed E-state index contributed by atoms with van der Waals surface area (Å²) in [5.41, 5.74) is 5.25. The molecule has 0 spiro atoms. The second kappa shape index (κ2) is 11.2. The van der Waals surface area contributed by atoms with Gasteiger partial charge in [-0.25, -0.2) is 13.2 Å².